The predicted molar refractivity (Wildman–Crippen MR) is 109 cm³/mol. The van der Waals surface area contributed by atoms with Gasteiger partial charge in [0.2, 0.25) is 0 Å². The van der Waals surface area contributed by atoms with E-state index in [2.05, 4.69) is 32.7 Å². The fraction of sp³-hybridized carbons (Fsp3) is 0.611. The van der Waals surface area contributed by atoms with Gasteiger partial charge in [-0.25, -0.2) is 0 Å². The maximum atomic E-state index is 12.4. The van der Waals surface area contributed by atoms with Crippen molar-refractivity contribution in [1.29, 1.82) is 0 Å². The third kappa shape index (κ3) is 7.73. The number of rotatable bonds is 8. The zero-order valence-electron chi connectivity index (χ0n) is 15.5. The van der Waals surface area contributed by atoms with Gasteiger partial charge in [0.25, 0.3) is 5.91 Å². The lowest BCUT2D eigenvalue weighted by atomic mass is 10.0. The van der Waals surface area contributed by atoms with Crippen LogP contribution in [0.15, 0.2) is 24.3 Å². The summed E-state index contributed by atoms with van der Waals surface area (Å²) in [5.41, 5.74) is 7.91. The quantitative estimate of drug-likeness (QED) is 0.748. The van der Waals surface area contributed by atoms with Crippen molar-refractivity contribution in [3.63, 3.8) is 0 Å². The molecule has 1 unspecified atom stereocenters. The third-order valence-electron chi connectivity index (χ3n) is 4.11. The second-order valence-electron chi connectivity index (χ2n) is 6.39. The first kappa shape index (κ1) is 25.3. The van der Waals surface area contributed by atoms with E-state index in [1.54, 1.807) is 4.90 Å². The molecule has 0 aromatic heterocycles. The molecule has 140 valence electrons. The summed E-state index contributed by atoms with van der Waals surface area (Å²) in [5.74, 6) is 0.498. The second kappa shape index (κ2) is 12.4. The smallest absolute Gasteiger partial charge is 0.253 e. The highest BCUT2D eigenvalue weighted by Gasteiger charge is 2.14. The van der Waals surface area contributed by atoms with Crippen molar-refractivity contribution in [2.24, 2.45) is 11.7 Å². The Morgan fingerprint density at radius 2 is 1.62 bits per heavy atom. The van der Waals surface area contributed by atoms with Gasteiger partial charge >= 0.3 is 0 Å². The van der Waals surface area contributed by atoms with Gasteiger partial charge in [0.05, 0.1) is 0 Å². The lowest BCUT2D eigenvalue weighted by Gasteiger charge is -2.22. The molecule has 0 spiro atoms. The van der Waals surface area contributed by atoms with Crippen LogP contribution in [0.4, 0.5) is 5.69 Å². The highest BCUT2D eigenvalue weighted by molar-refractivity contribution is 5.94. The van der Waals surface area contributed by atoms with Crippen molar-refractivity contribution in [2.45, 2.75) is 39.7 Å². The molecule has 1 rings (SSSR count). The number of carbonyl (C=O) groups excluding carboxylic acids is 1. The van der Waals surface area contributed by atoms with Gasteiger partial charge in [-0.2, -0.15) is 0 Å². The molecule has 0 saturated carbocycles. The Bertz CT molecular complexity index is 466. The van der Waals surface area contributed by atoms with E-state index < -0.39 is 0 Å². The fourth-order valence-electron chi connectivity index (χ4n) is 2.32. The maximum Gasteiger partial charge on any atom is 0.253 e. The molecular weight excluding hydrogens is 345 g/mol. The molecule has 0 saturated heterocycles. The number of hydrogen-bond acceptors (Lipinski definition) is 3. The molecule has 0 radical (unpaired) electrons. The number of halogens is 2. The molecule has 1 amide bonds. The molecule has 0 aliphatic heterocycles. The maximum absolute atomic E-state index is 12.4. The summed E-state index contributed by atoms with van der Waals surface area (Å²) in [7, 11) is 3.91. The highest BCUT2D eigenvalue weighted by atomic mass is 35.5. The fourth-order valence-corrected chi connectivity index (χ4v) is 2.32. The summed E-state index contributed by atoms with van der Waals surface area (Å²) in [6, 6.07) is 7.97. The molecule has 1 atom stereocenters. The third-order valence-corrected chi connectivity index (χ3v) is 4.11. The first-order valence-electron chi connectivity index (χ1n) is 8.19. The van der Waals surface area contributed by atoms with Gasteiger partial charge in [-0.3, -0.25) is 4.79 Å². The molecule has 1 aromatic carbocycles. The van der Waals surface area contributed by atoms with Crippen molar-refractivity contribution in [2.75, 3.05) is 32.1 Å². The normalized spacial score (nSPS) is 11.3. The number of benzene rings is 1. The van der Waals surface area contributed by atoms with Crippen LogP contribution in [0.1, 0.15) is 44.0 Å². The average molecular weight is 378 g/mol. The van der Waals surface area contributed by atoms with E-state index in [1.165, 1.54) is 0 Å². The number of anilines is 1. The van der Waals surface area contributed by atoms with Gasteiger partial charge in [0.1, 0.15) is 0 Å². The molecule has 0 aliphatic rings. The predicted octanol–water partition coefficient (Wildman–Crippen LogP) is 3.82. The number of carbonyl (C=O) groups is 1. The summed E-state index contributed by atoms with van der Waals surface area (Å²) in [4.78, 5) is 16.4. The van der Waals surface area contributed by atoms with E-state index in [4.69, 9.17) is 5.73 Å². The van der Waals surface area contributed by atoms with Gasteiger partial charge in [0.15, 0.2) is 0 Å². The Labute approximate surface area is 159 Å². The molecule has 2 N–H and O–H groups in total. The summed E-state index contributed by atoms with van der Waals surface area (Å²) >= 11 is 0. The first-order valence-corrected chi connectivity index (χ1v) is 8.19. The molecule has 6 heteroatoms. The minimum atomic E-state index is 0. The van der Waals surface area contributed by atoms with E-state index in [0.29, 0.717) is 12.5 Å². The van der Waals surface area contributed by atoms with Gasteiger partial charge in [0, 0.05) is 44.5 Å². The zero-order valence-corrected chi connectivity index (χ0v) is 17.1. The Kier molecular flexibility index (Phi) is 13.1. The lowest BCUT2D eigenvalue weighted by molar-refractivity contribution is 0.0789. The van der Waals surface area contributed by atoms with Crippen LogP contribution in [-0.2, 0) is 0 Å². The van der Waals surface area contributed by atoms with E-state index in [9.17, 15) is 4.79 Å². The minimum Gasteiger partial charge on any atom is -0.375 e. The Morgan fingerprint density at radius 3 is 2.08 bits per heavy atom. The van der Waals surface area contributed by atoms with Crippen molar-refractivity contribution < 1.29 is 4.79 Å². The van der Waals surface area contributed by atoms with Gasteiger partial charge in [-0.15, -0.1) is 24.8 Å². The monoisotopic (exact) mass is 377 g/mol. The Morgan fingerprint density at radius 1 is 1.08 bits per heavy atom. The van der Waals surface area contributed by atoms with Gasteiger partial charge in [-0.1, -0.05) is 20.8 Å². The Hall–Kier alpha value is -0.970. The van der Waals surface area contributed by atoms with Crippen molar-refractivity contribution >= 4 is 36.4 Å². The Balaban J connectivity index is 0. The van der Waals surface area contributed by atoms with Crippen LogP contribution >= 0.6 is 24.8 Å². The highest BCUT2D eigenvalue weighted by Crippen LogP contribution is 2.15. The van der Waals surface area contributed by atoms with E-state index in [-0.39, 0.29) is 36.8 Å². The van der Waals surface area contributed by atoms with Crippen LogP contribution < -0.4 is 10.6 Å². The van der Waals surface area contributed by atoms with Crippen molar-refractivity contribution in [1.82, 2.24) is 4.90 Å². The van der Waals surface area contributed by atoms with Crippen molar-refractivity contribution in [3.05, 3.63) is 29.8 Å². The molecular formula is C18H33Cl2N3O. The van der Waals surface area contributed by atoms with E-state index in [1.807, 2.05) is 31.3 Å². The van der Waals surface area contributed by atoms with Crippen molar-refractivity contribution in [3.8, 4) is 0 Å². The molecule has 1 aromatic rings. The molecule has 0 bridgehead atoms. The summed E-state index contributed by atoms with van der Waals surface area (Å²) in [6.45, 7) is 8.08. The van der Waals surface area contributed by atoms with Gasteiger partial charge in [-0.05, 0) is 43.0 Å². The molecule has 0 fully saturated rings. The summed E-state index contributed by atoms with van der Waals surface area (Å²) < 4.78 is 0. The largest absolute Gasteiger partial charge is 0.375 e. The summed E-state index contributed by atoms with van der Waals surface area (Å²) in [6.07, 6.45) is 1.94. The number of nitrogens with two attached hydrogens (primary N) is 1. The average Bonchev–Trinajstić information content (AvgIpc) is 2.51. The van der Waals surface area contributed by atoms with E-state index >= 15 is 0 Å². The topological polar surface area (TPSA) is 49.6 Å². The number of hydrogen-bond donors (Lipinski definition) is 1. The van der Waals surface area contributed by atoms with Crippen LogP contribution in [0, 0.1) is 5.92 Å². The van der Waals surface area contributed by atoms with Crippen LogP contribution in [0.25, 0.3) is 0 Å². The van der Waals surface area contributed by atoms with Crippen LogP contribution in [0.3, 0.4) is 0 Å². The molecule has 4 nitrogen and oxygen atoms in total. The van der Waals surface area contributed by atoms with Crippen LogP contribution in [-0.4, -0.2) is 44.0 Å². The zero-order chi connectivity index (χ0) is 16.7. The number of nitrogens with zero attached hydrogens (tertiary/aromatic N) is 2. The van der Waals surface area contributed by atoms with Crippen LogP contribution in [0.2, 0.25) is 0 Å². The first-order chi connectivity index (χ1) is 10.4. The molecule has 0 aliphatic carbocycles. The van der Waals surface area contributed by atoms with Crippen LogP contribution in [0.5, 0.6) is 0 Å². The molecule has 24 heavy (non-hydrogen) atoms. The lowest BCUT2D eigenvalue weighted by Crippen LogP contribution is -2.34. The second-order valence-corrected chi connectivity index (χ2v) is 6.39. The van der Waals surface area contributed by atoms with E-state index in [0.717, 1.165) is 30.6 Å². The SMILES string of the molecule is CCCN(C)c1ccc(C(=O)N(C)CCC(N)C(C)C)cc1.Cl.Cl. The standard InChI is InChI=1S/C18H31N3O.2ClH/c1-6-12-20(4)16-9-7-15(8-10-16)18(22)21(5)13-11-17(19)14(2)3;;/h7-10,14,17H,6,11-13,19H2,1-5H3;2*1H. The number of amides is 1. The molecule has 0 heterocycles. The summed E-state index contributed by atoms with van der Waals surface area (Å²) in [5, 5.41) is 0. The minimum absolute atomic E-state index is 0. The van der Waals surface area contributed by atoms with Gasteiger partial charge < -0.3 is 15.5 Å².